The number of ether oxygens (including phenoxy) is 1. The number of aromatic nitrogens is 4. The molecule has 1 saturated heterocycles. The van der Waals surface area contributed by atoms with Crippen molar-refractivity contribution in [3.8, 4) is 0 Å². The molecule has 55 heavy (non-hydrogen) atoms. The molecule has 29 heteroatoms. The maximum absolute atomic E-state index is 12.5. The van der Waals surface area contributed by atoms with Gasteiger partial charge in [0.15, 0.2) is 22.8 Å². The van der Waals surface area contributed by atoms with E-state index in [2.05, 4.69) is 43.5 Å². The molecule has 3 heterocycles. The summed E-state index contributed by atoms with van der Waals surface area (Å²) >= 11 is 0.925. The number of nitrogens with zero attached hydrogens (tertiary/aromatic N) is 4. The number of imidazole rings is 1. The Hall–Kier alpha value is -2.48. The van der Waals surface area contributed by atoms with Crippen LogP contribution in [0.25, 0.3) is 11.2 Å². The van der Waals surface area contributed by atoms with Gasteiger partial charge in [-0.1, -0.05) is 25.6 Å². The monoisotopic (exact) mass is 863 g/mol. The van der Waals surface area contributed by atoms with Crippen LogP contribution in [0.4, 0.5) is 5.82 Å². The van der Waals surface area contributed by atoms with E-state index in [4.69, 9.17) is 10.5 Å². The van der Waals surface area contributed by atoms with Crippen molar-refractivity contribution in [3.05, 3.63) is 12.7 Å². The van der Waals surface area contributed by atoms with Gasteiger partial charge >= 0.3 is 0 Å². The molecule has 1 fully saturated rings. The predicted molar refractivity (Wildman–Crippen MR) is 179 cm³/mol. The number of phosphoric acid groups is 3. The summed E-state index contributed by atoms with van der Waals surface area (Å²) in [6.07, 6.45) is -7.74. The van der Waals surface area contributed by atoms with Crippen molar-refractivity contribution in [2.24, 2.45) is 5.41 Å². The molecule has 7 atom stereocenters. The molecule has 0 aromatic carbocycles. The Kier molecular flexibility index (Phi) is 16.1. The van der Waals surface area contributed by atoms with Crippen LogP contribution in [-0.4, -0.2) is 114 Å². The molecule has 0 saturated carbocycles. The molecule has 0 aliphatic carbocycles. The van der Waals surface area contributed by atoms with Crippen LogP contribution < -0.4 is 35.9 Å². The zero-order valence-electron chi connectivity index (χ0n) is 29.6. The number of carbonyl (C=O) groups is 3. The minimum absolute atomic E-state index is 0.0263. The number of anilines is 1. The van der Waals surface area contributed by atoms with Crippen LogP contribution in [-0.2, 0) is 50.7 Å². The van der Waals surface area contributed by atoms with Gasteiger partial charge < -0.3 is 74.1 Å². The summed E-state index contributed by atoms with van der Waals surface area (Å²) in [7, 11) is -17.6. The van der Waals surface area contributed by atoms with Gasteiger partial charge in [0.2, 0.25) is 11.8 Å². The molecular formula is C26H40N7O18P3S-4. The largest absolute Gasteiger partial charge is 0.790 e. The molecule has 1 aliphatic heterocycles. The molecule has 312 valence electrons. The Morgan fingerprint density at radius 1 is 1.05 bits per heavy atom. The Morgan fingerprint density at radius 3 is 2.35 bits per heavy atom. The molecule has 3 rings (SSSR count). The van der Waals surface area contributed by atoms with Crippen LogP contribution in [0.2, 0.25) is 0 Å². The number of thioether (sulfide) groups is 1. The van der Waals surface area contributed by atoms with Gasteiger partial charge in [0.25, 0.3) is 15.6 Å². The summed E-state index contributed by atoms with van der Waals surface area (Å²) in [5.41, 5.74) is 2.87. The maximum Gasteiger partial charge on any atom is 0.274 e. The summed E-state index contributed by atoms with van der Waals surface area (Å²) in [5.74, 6) is -1.38. The highest BCUT2D eigenvalue weighted by molar-refractivity contribution is 8.13. The predicted octanol–water partition coefficient (Wildman–Crippen LogP) is -3.70. The zero-order chi connectivity index (χ0) is 41.6. The molecule has 7 unspecified atom stereocenters. The third-order valence-electron chi connectivity index (χ3n) is 7.32. The minimum atomic E-state index is -5.92. The highest BCUT2D eigenvalue weighted by Gasteiger charge is 2.47. The average Bonchev–Trinajstić information content (AvgIpc) is 3.60. The quantitative estimate of drug-likeness (QED) is 0.0519. The summed E-state index contributed by atoms with van der Waals surface area (Å²) in [4.78, 5) is 95.6. The van der Waals surface area contributed by atoms with E-state index in [0.29, 0.717) is 0 Å². The van der Waals surface area contributed by atoms with Crippen molar-refractivity contribution < 1.29 is 85.6 Å². The van der Waals surface area contributed by atoms with Gasteiger partial charge in [-0.05, 0) is 13.8 Å². The Balaban J connectivity index is 1.50. The fourth-order valence-corrected chi connectivity index (χ4v) is 8.30. The molecule has 2 aromatic rings. The topological polar surface area (TPSA) is 395 Å². The lowest BCUT2D eigenvalue weighted by Gasteiger charge is -2.36. The lowest BCUT2D eigenvalue weighted by atomic mass is 9.87. The van der Waals surface area contributed by atoms with E-state index in [1.54, 1.807) is 0 Å². The number of amides is 2. The number of rotatable bonds is 21. The minimum Gasteiger partial charge on any atom is -0.790 e. The van der Waals surface area contributed by atoms with E-state index in [1.807, 2.05) is 0 Å². The molecular weight excluding hydrogens is 823 g/mol. The zero-order valence-corrected chi connectivity index (χ0v) is 33.1. The van der Waals surface area contributed by atoms with Gasteiger partial charge in [-0.3, -0.25) is 28.1 Å². The molecule has 2 aromatic heterocycles. The van der Waals surface area contributed by atoms with Gasteiger partial charge in [-0.2, -0.15) is 0 Å². The molecule has 7 N–H and O–H groups in total. The van der Waals surface area contributed by atoms with Crippen molar-refractivity contribution in [2.75, 3.05) is 37.8 Å². The van der Waals surface area contributed by atoms with Crippen LogP contribution in [0, 0.1) is 5.41 Å². The molecule has 2 amide bonds. The van der Waals surface area contributed by atoms with E-state index < -0.39 is 90.2 Å². The van der Waals surface area contributed by atoms with Crippen LogP contribution in [0.5, 0.6) is 0 Å². The van der Waals surface area contributed by atoms with Gasteiger partial charge in [0.1, 0.15) is 36.3 Å². The number of carbonyl (C=O) groups excluding carboxylic acids is 3. The second kappa shape index (κ2) is 18.9. The lowest BCUT2D eigenvalue weighted by Crippen LogP contribution is -2.46. The highest BCUT2D eigenvalue weighted by atomic mass is 32.2. The first-order chi connectivity index (χ1) is 25.2. The van der Waals surface area contributed by atoms with Crippen molar-refractivity contribution in [1.29, 1.82) is 0 Å². The third kappa shape index (κ3) is 14.8. The van der Waals surface area contributed by atoms with Crippen LogP contribution in [0.1, 0.15) is 46.8 Å². The number of nitrogens with two attached hydrogens (primary N) is 1. The highest BCUT2D eigenvalue weighted by Crippen LogP contribution is 2.56. The number of hydrogen-bond donors (Lipinski definition) is 6. The standard InChI is InChI=1S/C26H44N7O18P3S/c1-25(2,20(37)23(38)29-6-5-15(34)28-7-8-55-16(35)9-26(3,4)39)11-48-54(45,46)51-53(43,44)47-10-14-19(50-52(40,41)42)18(36)24(49-14)33-13-32-17-21(27)30-12-31-22(17)33/h12-14,18-20,24,36-37,39H,5-11H2,1-4H3,(H,28,34)(H,29,38)(H,43,44)(H,45,46)(H2,27,30,31)(H2,40,41,42)/p-4. The van der Waals surface area contributed by atoms with Crippen molar-refractivity contribution in [2.45, 2.75) is 76.8 Å². The van der Waals surface area contributed by atoms with Crippen molar-refractivity contribution >= 4 is 69.1 Å². The molecule has 0 spiro atoms. The normalized spacial score (nSPS) is 22.2. The average molecular weight is 864 g/mol. The summed E-state index contributed by atoms with van der Waals surface area (Å²) in [6.45, 7) is 2.92. The SMILES string of the molecule is CC(C)(O)CC(=O)SCCNC(=O)CCNC(=O)C(O)C(C)(C)COP(=O)([O-])OP(=O)([O-])OCC1OC(n2cnc3c(N)ncnc32)C(O)C1OP(=O)([O-])[O-]. The number of aliphatic hydroxyl groups is 3. The molecule has 25 nitrogen and oxygen atoms in total. The first-order valence-electron chi connectivity index (χ1n) is 15.9. The van der Waals surface area contributed by atoms with Crippen LogP contribution >= 0.6 is 35.2 Å². The summed E-state index contributed by atoms with van der Waals surface area (Å²) in [5, 5.41) is 35.5. The van der Waals surface area contributed by atoms with Gasteiger partial charge in [-0.25, -0.2) is 19.3 Å². The van der Waals surface area contributed by atoms with Crippen molar-refractivity contribution in [3.63, 3.8) is 0 Å². The van der Waals surface area contributed by atoms with E-state index in [9.17, 15) is 63.0 Å². The van der Waals surface area contributed by atoms with E-state index in [-0.39, 0.29) is 53.8 Å². The lowest BCUT2D eigenvalue weighted by molar-refractivity contribution is -0.347. The fraction of sp³-hybridized carbons (Fsp3) is 0.692. The smallest absolute Gasteiger partial charge is 0.274 e. The Bertz CT molecular complexity index is 1820. The fourth-order valence-electron chi connectivity index (χ4n) is 4.68. The van der Waals surface area contributed by atoms with Crippen LogP contribution in [0.15, 0.2) is 12.7 Å². The number of nitrogens with one attached hydrogen (secondary N) is 2. The van der Waals surface area contributed by atoms with Gasteiger partial charge in [0, 0.05) is 37.1 Å². The molecule has 1 aliphatic rings. The maximum atomic E-state index is 12.5. The second-order valence-corrected chi connectivity index (χ2v) is 18.4. The van der Waals surface area contributed by atoms with Crippen LogP contribution in [0.3, 0.4) is 0 Å². The van der Waals surface area contributed by atoms with E-state index in [0.717, 1.165) is 29.0 Å². The first kappa shape index (κ1) is 46.9. The van der Waals surface area contributed by atoms with E-state index >= 15 is 0 Å². The number of nitrogen functional groups attached to an aromatic ring is 1. The molecule has 0 bridgehead atoms. The third-order valence-corrected chi connectivity index (χ3v) is 11.2. The number of aliphatic hydroxyl groups excluding tert-OH is 2. The Labute approximate surface area is 317 Å². The Morgan fingerprint density at radius 2 is 1.71 bits per heavy atom. The van der Waals surface area contributed by atoms with Crippen molar-refractivity contribution in [1.82, 2.24) is 30.2 Å². The molecule has 0 radical (unpaired) electrons. The van der Waals surface area contributed by atoms with E-state index in [1.165, 1.54) is 27.7 Å². The number of phosphoric ester groups is 3. The van der Waals surface area contributed by atoms with Gasteiger partial charge in [-0.15, -0.1) is 0 Å². The van der Waals surface area contributed by atoms with Gasteiger partial charge in [0.05, 0.1) is 33.0 Å². The first-order valence-corrected chi connectivity index (χ1v) is 21.3. The summed E-state index contributed by atoms with van der Waals surface area (Å²) < 4.78 is 60.4. The number of fused-ring (bicyclic) bond motifs is 1. The second-order valence-electron chi connectivity index (χ2n) is 13.2. The number of hydrogen-bond acceptors (Lipinski definition) is 23. The summed E-state index contributed by atoms with van der Waals surface area (Å²) in [6, 6.07) is 0.